The molecule has 0 fully saturated rings. The third kappa shape index (κ3) is 2.50. The Bertz CT molecular complexity index is 565. The molecule has 0 radical (unpaired) electrons. The van der Waals surface area contributed by atoms with Gasteiger partial charge < -0.3 is 10.5 Å². The molecule has 0 atom stereocenters. The molecule has 2 N–H and O–H groups in total. The number of ether oxygens (including phenoxy) is 1. The van der Waals surface area contributed by atoms with Gasteiger partial charge in [-0.2, -0.15) is 9.37 Å². The van der Waals surface area contributed by atoms with Crippen LogP contribution in [0.1, 0.15) is 0 Å². The van der Waals surface area contributed by atoms with E-state index in [1.165, 1.54) is 18.6 Å². The lowest BCUT2D eigenvalue weighted by Crippen LogP contribution is -1.98. The van der Waals surface area contributed by atoms with Crippen LogP contribution in [-0.2, 0) is 0 Å². The highest BCUT2D eigenvalue weighted by Gasteiger charge is 2.13. The minimum Gasteiger partial charge on any atom is -0.434 e. The zero-order valence-corrected chi connectivity index (χ0v) is 9.91. The van der Waals surface area contributed by atoms with Gasteiger partial charge in [-0.3, -0.25) is 0 Å². The number of aromatic nitrogens is 2. The Balaban J connectivity index is 2.40. The van der Waals surface area contributed by atoms with Gasteiger partial charge in [-0.15, -0.1) is 0 Å². The summed E-state index contributed by atoms with van der Waals surface area (Å²) in [5.41, 5.74) is 5.65. The zero-order valence-electron chi connectivity index (χ0n) is 8.32. The molecule has 4 nitrogen and oxygen atoms in total. The summed E-state index contributed by atoms with van der Waals surface area (Å²) in [6.45, 7) is 0. The predicted octanol–water partition coefficient (Wildman–Crippen LogP) is 2.89. The van der Waals surface area contributed by atoms with Gasteiger partial charge >= 0.3 is 0 Å². The van der Waals surface area contributed by atoms with E-state index in [0.29, 0.717) is 4.47 Å². The first-order chi connectivity index (χ1) is 8.08. The van der Waals surface area contributed by atoms with E-state index in [2.05, 4.69) is 25.9 Å². The number of nitrogen functional groups attached to an aromatic ring is 1. The summed E-state index contributed by atoms with van der Waals surface area (Å²) < 4.78 is 31.9. The van der Waals surface area contributed by atoms with Crippen LogP contribution in [-0.4, -0.2) is 9.97 Å². The molecule has 1 aromatic heterocycles. The van der Waals surface area contributed by atoms with Crippen molar-refractivity contribution < 1.29 is 13.5 Å². The first-order valence-corrected chi connectivity index (χ1v) is 5.25. The van der Waals surface area contributed by atoms with Crippen LogP contribution in [0.15, 0.2) is 29.1 Å². The van der Waals surface area contributed by atoms with E-state index in [1.807, 2.05) is 0 Å². The molecule has 2 rings (SSSR count). The standard InChI is InChI=1S/C10H6BrF2N3O/c11-5-1-6(12)9(13)8(2-5)17-10-7(14)3-15-4-16-10/h1-4H,14H2. The number of hydrogen-bond donors (Lipinski definition) is 1. The van der Waals surface area contributed by atoms with E-state index in [0.717, 1.165) is 6.07 Å². The van der Waals surface area contributed by atoms with E-state index in [4.69, 9.17) is 10.5 Å². The molecule has 17 heavy (non-hydrogen) atoms. The van der Waals surface area contributed by atoms with Gasteiger partial charge in [-0.25, -0.2) is 9.37 Å². The second-order valence-corrected chi connectivity index (χ2v) is 4.00. The predicted molar refractivity (Wildman–Crippen MR) is 60.6 cm³/mol. The third-order valence-electron chi connectivity index (χ3n) is 1.87. The number of rotatable bonds is 2. The largest absolute Gasteiger partial charge is 0.434 e. The first kappa shape index (κ1) is 11.7. The quantitative estimate of drug-likeness (QED) is 0.867. The number of hydrogen-bond acceptors (Lipinski definition) is 4. The van der Waals surface area contributed by atoms with Crippen LogP contribution in [0.2, 0.25) is 0 Å². The summed E-state index contributed by atoms with van der Waals surface area (Å²) in [7, 11) is 0. The van der Waals surface area contributed by atoms with Crippen LogP contribution in [0.25, 0.3) is 0 Å². The molecule has 2 aromatic rings. The lowest BCUT2D eigenvalue weighted by molar-refractivity contribution is 0.406. The van der Waals surface area contributed by atoms with Crippen molar-refractivity contribution in [3.63, 3.8) is 0 Å². The molecule has 0 saturated heterocycles. The van der Waals surface area contributed by atoms with Gasteiger partial charge in [-0.05, 0) is 12.1 Å². The first-order valence-electron chi connectivity index (χ1n) is 4.46. The van der Waals surface area contributed by atoms with Crippen molar-refractivity contribution in [1.29, 1.82) is 0 Å². The van der Waals surface area contributed by atoms with Crippen molar-refractivity contribution in [2.24, 2.45) is 0 Å². The maximum Gasteiger partial charge on any atom is 0.245 e. The van der Waals surface area contributed by atoms with E-state index >= 15 is 0 Å². The lowest BCUT2D eigenvalue weighted by atomic mass is 10.3. The Morgan fingerprint density at radius 3 is 2.76 bits per heavy atom. The fourth-order valence-corrected chi connectivity index (χ4v) is 1.53. The smallest absolute Gasteiger partial charge is 0.245 e. The molecule has 0 aliphatic heterocycles. The van der Waals surface area contributed by atoms with Crippen molar-refractivity contribution >= 4 is 21.6 Å². The van der Waals surface area contributed by atoms with Crippen LogP contribution in [0.4, 0.5) is 14.5 Å². The average molecular weight is 302 g/mol. The van der Waals surface area contributed by atoms with Crippen LogP contribution in [0.3, 0.4) is 0 Å². The molecule has 1 heterocycles. The Morgan fingerprint density at radius 2 is 2.06 bits per heavy atom. The highest BCUT2D eigenvalue weighted by Crippen LogP contribution is 2.30. The Labute approximate surface area is 104 Å². The molecule has 1 aromatic carbocycles. The fourth-order valence-electron chi connectivity index (χ4n) is 1.13. The summed E-state index contributed by atoms with van der Waals surface area (Å²) >= 11 is 3.03. The molecular formula is C10H6BrF2N3O. The van der Waals surface area contributed by atoms with E-state index in [1.54, 1.807) is 0 Å². The Kier molecular flexibility index (Phi) is 3.19. The van der Waals surface area contributed by atoms with Crippen molar-refractivity contribution in [1.82, 2.24) is 9.97 Å². The summed E-state index contributed by atoms with van der Waals surface area (Å²) in [5, 5.41) is 0. The maximum atomic E-state index is 13.4. The van der Waals surface area contributed by atoms with Gasteiger partial charge in [0.2, 0.25) is 11.7 Å². The van der Waals surface area contributed by atoms with Crippen LogP contribution >= 0.6 is 15.9 Å². The van der Waals surface area contributed by atoms with Crippen LogP contribution in [0.5, 0.6) is 11.6 Å². The minimum absolute atomic E-state index is 0.0311. The normalized spacial score (nSPS) is 10.3. The van der Waals surface area contributed by atoms with Crippen molar-refractivity contribution in [3.05, 3.63) is 40.8 Å². The molecule has 7 heteroatoms. The van der Waals surface area contributed by atoms with Crippen LogP contribution in [0, 0.1) is 11.6 Å². The molecule has 0 spiro atoms. The minimum atomic E-state index is -1.11. The summed E-state index contributed by atoms with van der Waals surface area (Å²) in [5.74, 6) is -2.47. The van der Waals surface area contributed by atoms with E-state index in [9.17, 15) is 8.78 Å². The summed E-state index contributed by atoms with van der Waals surface area (Å²) in [6.07, 6.45) is 2.49. The van der Waals surface area contributed by atoms with Crippen molar-refractivity contribution in [3.8, 4) is 11.6 Å². The molecule has 0 bridgehead atoms. The highest BCUT2D eigenvalue weighted by atomic mass is 79.9. The molecule has 0 unspecified atom stereocenters. The molecule has 0 saturated carbocycles. The SMILES string of the molecule is Nc1cncnc1Oc1cc(Br)cc(F)c1F. The fraction of sp³-hybridized carbons (Fsp3) is 0. The summed E-state index contributed by atoms with van der Waals surface area (Å²) in [6, 6.07) is 2.27. The lowest BCUT2D eigenvalue weighted by Gasteiger charge is -2.08. The number of nitrogens with two attached hydrogens (primary N) is 1. The third-order valence-corrected chi connectivity index (χ3v) is 2.33. The molecule has 0 amide bonds. The van der Waals surface area contributed by atoms with E-state index in [-0.39, 0.29) is 17.3 Å². The second kappa shape index (κ2) is 4.62. The van der Waals surface area contributed by atoms with Gasteiger partial charge in [0.05, 0.1) is 6.20 Å². The van der Waals surface area contributed by atoms with Crippen molar-refractivity contribution in [2.75, 3.05) is 5.73 Å². The number of benzene rings is 1. The number of anilines is 1. The monoisotopic (exact) mass is 301 g/mol. The number of nitrogens with zero attached hydrogens (tertiary/aromatic N) is 2. The molecular weight excluding hydrogens is 296 g/mol. The Morgan fingerprint density at radius 1 is 1.29 bits per heavy atom. The molecule has 0 aliphatic carbocycles. The second-order valence-electron chi connectivity index (χ2n) is 3.09. The molecule has 88 valence electrons. The van der Waals surface area contributed by atoms with Crippen molar-refractivity contribution in [2.45, 2.75) is 0 Å². The number of halogens is 3. The zero-order chi connectivity index (χ0) is 12.4. The van der Waals surface area contributed by atoms with Gasteiger partial charge in [0.15, 0.2) is 11.6 Å². The van der Waals surface area contributed by atoms with Crippen LogP contribution < -0.4 is 10.5 Å². The van der Waals surface area contributed by atoms with E-state index < -0.39 is 11.6 Å². The average Bonchev–Trinajstić information content (AvgIpc) is 2.28. The molecule has 0 aliphatic rings. The topological polar surface area (TPSA) is 61.0 Å². The highest BCUT2D eigenvalue weighted by molar-refractivity contribution is 9.10. The van der Waals surface area contributed by atoms with Gasteiger partial charge in [0.1, 0.15) is 12.0 Å². The van der Waals surface area contributed by atoms with Gasteiger partial charge in [-0.1, -0.05) is 15.9 Å². The van der Waals surface area contributed by atoms with Gasteiger partial charge in [0.25, 0.3) is 0 Å². The Hall–Kier alpha value is -1.76. The summed E-state index contributed by atoms with van der Waals surface area (Å²) in [4.78, 5) is 7.36. The maximum absolute atomic E-state index is 13.4. The van der Waals surface area contributed by atoms with Gasteiger partial charge in [0, 0.05) is 4.47 Å².